The zero-order valence-electron chi connectivity index (χ0n) is 12.0. The van der Waals surface area contributed by atoms with Gasteiger partial charge in [-0.05, 0) is 24.7 Å². The van der Waals surface area contributed by atoms with Crippen LogP contribution in [0.3, 0.4) is 0 Å². The van der Waals surface area contributed by atoms with Gasteiger partial charge < -0.3 is 20.5 Å². The number of ether oxygens (including phenoxy) is 1. The number of nitrogens with one attached hydrogen (secondary N) is 2. The highest BCUT2D eigenvalue weighted by Crippen LogP contribution is 2.40. The Morgan fingerprint density at radius 2 is 1.95 bits per heavy atom. The maximum Gasteiger partial charge on any atom is 0.332 e. The number of hydrogen-bond acceptors (Lipinski definition) is 3. The van der Waals surface area contributed by atoms with E-state index < -0.39 is 17.5 Å². The van der Waals surface area contributed by atoms with Gasteiger partial charge in [-0.3, -0.25) is 0 Å². The molecule has 1 saturated carbocycles. The molecule has 1 atom stereocenters. The molecule has 2 aliphatic rings. The summed E-state index contributed by atoms with van der Waals surface area (Å²) in [5, 5.41) is 14.7. The summed E-state index contributed by atoms with van der Waals surface area (Å²) in [5.41, 5.74) is -1.07. The van der Waals surface area contributed by atoms with Crippen molar-refractivity contribution in [2.75, 3.05) is 19.8 Å². The predicted octanol–water partition coefficient (Wildman–Crippen LogP) is 1.50. The first-order valence-corrected chi connectivity index (χ1v) is 7.39. The van der Waals surface area contributed by atoms with E-state index in [1.807, 2.05) is 0 Å². The molecule has 3 N–H and O–H groups in total. The van der Waals surface area contributed by atoms with Crippen LogP contribution in [0.4, 0.5) is 4.79 Å². The van der Waals surface area contributed by atoms with Gasteiger partial charge >= 0.3 is 12.0 Å². The fourth-order valence-corrected chi connectivity index (χ4v) is 3.20. The molecule has 0 aromatic carbocycles. The van der Waals surface area contributed by atoms with Crippen molar-refractivity contribution in [3.05, 3.63) is 0 Å². The van der Waals surface area contributed by atoms with E-state index in [0.29, 0.717) is 19.6 Å². The van der Waals surface area contributed by atoms with E-state index in [0.717, 1.165) is 19.3 Å². The third-order valence-electron chi connectivity index (χ3n) is 4.82. The number of aliphatic carboxylic acids is 1. The standard InChI is InChI=1S/C14H24N2O4/c1-2-13(5-3-4-6-13)9-15-12(19)16-14(11(17)18)7-8-20-10-14/h2-10H2,1H3,(H,17,18)(H2,15,16,19). The van der Waals surface area contributed by atoms with Crippen LogP contribution in [0.5, 0.6) is 0 Å². The summed E-state index contributed by atoms with van der Waals surface area (Å²) in [6.07, 6.45) is 6.05. The van der Waals surface area contributed by atoms with E-state index >= 15 is 0 Å². The Labute approximate surface area is 119 Å². The van der Waals surface area contributed by atoms with Gasteiger partial charge in [0, 0.05) is 19.6 Å². The molecule has 1 aliphatic carbocycles. The Hall–Kier alpha value is -1.30. The molecule has 2 fully saturated rings. The average Bonchev–Trinajstić information content (AvgIpc) is 3.06. The van der Waals surface area contributed by atoms with E-state index in [-0.39, 0.29) is 12.0 Å². The molecule has 1 aliphatic heterocycles. The highest BCUT2D eigenvalue weighted by atomic mass is 16.5. The third-order valence-corrected chi connectivity index (χ3v) is 4.82. The number of amides is 2. The van der Waals surface area contributed by atoms with E-state index in [1.54, 1.807) is 0 Å². The summed E-state index contributed by atoms with van der Waals surface area (Å²) in [7, 11) is 0. The lowest BCUT2D eigenvalue weighted by Crippen LogP contribution is -2.58. The minimum atomic E-state index is -1.26. The molecule has 0 aromatic rings. The SMILES string of the molecule is CCC1(CNC(=O)NC2(C(=O)O)CCOC2)CCCC1. The number of hydrogen-bond donors (Lipinski definition) is 3. The summed E-state index contributed by atoms with van der Waals surface area (Å²) in [6, 6.07) is -0.405. The molecule has 0 radical (unpaired) electrons. The van der Waals surface area contributed by atoms with Gasteiger partial charge in [0.05, 0.1) is 6.61 Å². The normalized spacial score (nSPS) is 28.2. The summed E-state index contributed by atoms with van der Waals surface area (Å²) in [6.45, 7) is 3.17. The monoisotopic (exact) mass is 284 g/mol. The van der Waals surface area contributed by atoms with Gasteiger partial charge in [-0.15, -0.1) is 0 Å². The number of carbonyl (C=O) groups excluding carboxylic acids is 1. The highest BCUT2D eigenvalue weighted by Gasteiger charge is 2.44. The second-order valence-corrected chi connectivity index (χ2v) is 6.06. The molecule has 2 amide bonds. The van der Waals surface area contributed by atoms with Crippen LogP contribution in [0.15, 0.2) is 0 Å². The predicted molar refractivity (Wildman–Crippen MR) is 73.5 cm³/mol. The quantitative estimate of drug-likeness (QED) is 0.714. The van der Waals surface area contributed by atoms with E-state index in [4.69, 9.17) is 4.74 Å². The van der Waals surface area contributed by atoms with Crippen LogP contribution in [0.25, 0.3) is 0 Å². The zero-order valence-corrected chi connectivity index (χ0v) is 12.0. The van der Waals surface area contributed by atoms with Crippen LogP contribution < -0.4 is 10.6 Å². The Kier molecular flexibility index (Phi) is 4.52. The molecule has 114 valence electrons. The van der Waals surface area contributed by atoms with Crippen LogP contribution >= 0.6 is 0 Å². The largest absolute Gasteiger partial charge is 0.479 e. The molecular formula is C14H24N2O4. The van der Waals surface area contributed by atoms with E-state index in [1.165, 1.54) is 12.8 Å². The van der Waals surface area contributed by atoms with Gasteiger partial charge in [-0.25, -0.2) is 9.59 Å². The Bertz CT molecular complexity index is 371. The molecule has 0 aromatic heterocycles. The summed E-state index contributed by atoms with van der Waals surface area (Å²) >= 11 is 0. The molecule has 6 heteroatoms. The minimum absolute atomic E-state index is 0.0364. The van der Waals surface area contributed by atoms with Crippen molar-refractivity contribution >= 4 is 12.0 Å². The fourth-order valence-electron chi connectivity index (χ4n) is 3.20. The molecule has 0 spiro atoms. The lowest BCUT2D eigenvalue weighted by molar-refractivity contribution is -0.144. The Morgan fingerprint density at radius 1 is 1.25 bits per heavy atom. The smallest absolute Gasteiger partial charge is 0.332 e. The fraction of sp³-hybridized carbons (Fsp3) is 0.857. The van der Waals surface area contributed by atoms with Gasteiger partial charge in [0.2, 0.25) is 0 Å². The molecule has 6 nitrogen and oxygen atoms in total. The van der Waals surface area contributed by atoms with Crippen molar-refractivity contribution in [1.82, 2.24) is 10.6 Å². The maximum absolute atomic E-state index is 12.0. The molecule has 1 unspecified atom stereocenters. The second kappa shape index (κ2) is 5.99. The zero-order chi connectivity index (χ0) is 14.6. The number of carboxylic acids is 1. The molecule has 1 saturated heterocycles. The first kappa shape index (κ1) is 15.1. The van der Waals surface area contributed by atoms with Gasteiger partial charge in [-0.1, -0.05) is 19.8 Å². The second-order valence-electron chi connectivity index (χ2n) is 6.06. The molecule has 1 heterocycles. The van der Waals surface area contributed by atoms with Crippen molar-refractivity contribution in [2.24, 2.45) is 5.41 Å². The van der Waals surface area contributed by atoms with Gasteiger partial charge in [0.15, 0.2) is 5.54 Å². The number of rotatable bonds is 5. The van der Waals surface area contributed by atoms with Crippen molar-refractivity contribution in [2.45, 2.75) is 51.0 Å². The lowest BCUT2D eigenvalue weighted by atomic mass is 9.83. The van der Waals surface area contributed by atoms with Crippen LogP contribution in [0.2, 0.25) is 0 Å². The van der Waals surface area contributed by atoms with Gasteiger partial charge in [0.25, 0.3) is 0 Å². The Balaban J connectivity index is 1.87. The first-order chi connectivity index (χ1) is 9.52. The molecule has 0 bridgehead atoms. The number of urea groups is 1. The number of carbonyl (C=O) groups is 2. The highest BCUT2D eigenvalue weighted by molar-refractivity contribution is 5.86. The Morgan fingerprint density at radius 3 is 2.45 bits per heavy atom. The molecule has 20 heavy (non-hydrogen) atoms. The molecule has 2 rings (SSSR count). The third kappa shape index (κ3) is 3.06. The van der Waals surface area contributed by atoms with Crippen LogP contribution in [-0.4, -0.2) is 42.4 Å². The first-order valence-electron chi connectivity index (χ1n) is 7.39. The van der Waals surface area contributed by atoms with Crippen molar-refractivity contribution in [1.29, 1.82) is 0 Å². The van der Waals surface area contributed by atoms with E-state index in [2.05, 4.69) is 17.6 Å². The van der Waals surface area contributed by atoms with E-state index in [9.17, 15) is 14.7 Å². The van der Waals surface area contributed by atoms with Gasteiger partial charge in [0.1, 0.15) is 0 Å². The van der Waals surface area contributed by atoms with Crippen LogP contribution in [-0.2, 0) is 9.53 Å². The average molecular weight is 284 g/mol. The lowest BCUT2D eigenvalue weighted by Gasteiger charge is -2.29. The summed E-state index contributed by atoms with van der Waals surface area (Å²) in [4.78, 5) is 23.3. The van der Waals surface area contributed by atoms with Crippen LogP contribution in [0, 0.1) is 5.41 Å². The topological polar surface area (TPSA) is 87.7 Å². The summed E-state index contributed by atoms with van der Waals surface area (Å²) < 4.78 is 5.12. The van der Waals surface area contributed by atoms with Gasteiger partial charge in [-0.2, -0.15) is 0 Å². The van der Waals surface area contributed by atoms with Crippen molar-refractivity contribution < 1.29 is 19.4 Å². The maximum atomic E-state index is 12.0. The van der Waals surface area contributed by atoms with Crippen molar-refractivity contribution in [3.8, 4) is 0 Å². The number of carboxylic acid groups (broad SMARTS) is 1. The van der Waals surface area contributed by atoms with Crippen molar-refractivity contribution in [3.63, 3.8) is 0 Å². The summed E-state index contributed by atoms with van der Waals surface area (Å²) in [5.74, 6) is -1.03. The minimum Gasteiger partial charge on any atom is -0.479 e. The molecular weight excluding hydrogens is 260 g/mol. The van der Waals surface area contributed by atoms with Crippen LogP contribution in [0.1, 0.15) is 45.4 Å².